The van der Waals surface area contributed by atoms with Crippen molar-refractivity contribution in [3.8, 4) is 5.75 Å². The Morgan fingerprint density at radius 2 is 1.85 bits per heavy atom. The Bertz CT molecular complexity index is 790. The lowest BCUT2D eigenvalue weighted by Crippen LogP contribution is -2.32. The summed E-state index contributed by atoms with van der Waals surface area (Å²) in [5.74, 6) is 0.256. The molecule has 144 valence electrons. The maximum absolute atomic E-state index is 12.2. The van der Waals surface area contributed by atoms with Crippen LogP contribution in [0.3, 0.4) is 0 Å². The van der Waals surface area contributed by atoms with Gasteiger partial charge in [0.2, 0.25) is 0 Å². The largest absolute Gasteiger partial charge is 0.473 e. The lowest BCUT2D eigenvalue weighted by Gasteiger charge is -2.13. The zero-order valence-corrected chi connectivity index (χ0v) is 16.0. The fourth-order valence-electron chi connectivity index (χ4n) is 2.46. The number of ether oxygens (including phenoxy) is 2. The van der Waals surface area contributed by atoms with Crippen molar-refractivity contribution < 1.29 is 19.1 Å². The monoisotopic (exact) mass is 370 g/mol. The first-order chi connectivity index (χ1) is 13.0. The summed E-state index contributed by atoms with van der Waals surface area (Å²) < 4.78 is 10.8. The highest BCUT2D eigenvalue weighted by molar-refractivity contribution is 6.00. The number of unbranched alkanes of at least 4 members (excludes halogenated alkanes) is 1. The van der Waals surface area contributed by atoms with Crippen LogP contribution in [0.2, 0.25) is 0 Å². The van der Waals surface area contributed by atoms with E-state index in [2.05, 4.69) is 10.6 Å². The number of para-hydroxylation sites is 1. The van der Waals surface area contributed by atoms with Crippen LogP contribution in [0.1, 0.15) is 41.3 Å². The van der Waals surface area contributed by atoms with E-state index >= 15 is 0 Å². The van der Waals surface area contributed by atoms with Gasteiger partial charge in [-0.3, -0.25) is 0 Å². The van der Waals surface area contributed by atoms with Crippen LogP contribution in [-0.4, -0.2) is 25.3 Å². The minimum Gasteiger partial charge on any atom is -0.473 e. The minimum absolute atomic E-state index is 0.0127. The smallest absolute Gasteiger partial charge is 0.340 e. The zero-order chi connectivity index (χ0) is 19.6. The first-order valence-electron chi connectivity index (χ1n) is 9.02. The third-order valence-electron chi connectivity index (χ3n) is 3.92. The lowest BCUT2D eigenvalue weighted by atomic mass is 10.1. The van der Waals surface area contributed by atoms with Crippen LogP contribution in [0.15, 0.2) is 42.5 Å². The van der Waals surface area contributed by atoms with E-state index in [-0.39, 0.29) is 6.73 Å². The van der Waals surface area contributed by atoms with E-state index in [1.165, 1.54) is 0 Å². The standard InChI is InChI=1S/C21H26N2O4/c1-4-5-12-26-20(24)17-8-6-7-9-18(17)23-21(25)22-14-27-19-11-10-15(2)13-16(19)3/h6-11,13H,4-5,12,14H2,1-3H3,(H2,22,23,25). The number of carbonyl (C=O) groups is 2. The predicted molar refractivity (Wildman–Crippen MR) is 105 cm³/mol. The van der Waals surface area contributed by atoms with Gasteiger partial charge in [-0.1, -0.05) is 43.2 Å². The molecule has 0 bridgehead atoms. The third kappa shape index (κ3) is 6.33. The third-order valence-corrected chi connectivity index (χ3v) is 3.92. The summed E-state index contributed by atoms with van der Waals surface area (Å²) in [6, 6.07) is 12.1. The molecule has 6 nitrogen and oxygen atoms in total. The molecule has 0 aliphatic carbocycles. The maximum Gasteiger partial charge on any atom is 0.340 e. The summed E-state index contributed by atoms with van der Waals surface area (Å²) in [6.45, 7) is 6.35. The van der Waals surface area contributed by atoms with Crippen molar-refractivity contribution in [2.45, 2.75) is 33.6 Å². The maximum atomic E-state index is 12.2. The van der Waals surface area contributed by atoms with Crippen molar-refractivity contribution in [2.24, 2.45) is 0 Å². The van der Waals surface area contributed by atoms with E-state index in [1.54, 1.807) is 24.3 Å². The van der Waals surface area contributed by atoms with Crippen molar-refractivity contribution in [1.82, 2.24) is 5.32 Å². The number of hydrogen-bond acceptors (Lipinski definition) is 4. The molecule has 0 aliphatic rings. The average Bonchev–Trinajstić information content (AvgIpc) is 2.64. The highest BCUT2D eigenvalue weighted by Gasteiger charge is 2.14. The number of esters is 1. The van der Waals surface area contributed by atoms with Gasteiger partial charge in [0.25, 0.3) is 0 Å². The first-order valence-corrected chi connectivity index (χ1v) is 9.02. The summed E-state index contributed by atoms with van der Waals surface area (Å²) in [4.78, 5) is 24.3. The van der Waals surface area contributed by atoms with E-state index in [9.17, 15) is 9.59 Å². The fraction of sp³-hybridized carbons (Fsp3) is 0.333. The number of aryl methyl sites for hydroxylation is 2. The average molecular weight is 370 g/mol. The topological polar surface area (TPSA) is 76.7 Å². The molecule has 0 radical (unpaired) electrons. The normalized spacial score (nSPS) is 10.2. The number of rotatable bonds is 8. The first kappa shape index (κ1) is 20.3. The highest BCUT2D eigenvalue weighted by Crippen LogP contribution is 2.18. The molecule has 6 heteroatoms. The molecule has 0 saturated heterocycles. The SMILES string of the molecule is CCCCOC(=O)c1ccccc1NC(=O)NCOc1ccc(C)cc1C. The van der Waals surface area contributed by atoms with E-state index < -0.39 is 12.0 Å². The molecule has 0 saturated carbocycles. The summed E-state index contributed by atoms with van der Waals surface area (Å²) in [7, 11) is 0. The van der Waals surface area contributed by atoms with Gasteiger partial charge in [0, 0.05) is 0 Å². The number of anilines is 1. The second kappa shape index (κ2) is 10.2. The van der Waals surface area contributed by atoms with Crippen LogP contribution in [0, 0.1) is 13.8 Å². The van der Waals surface area contributed by atoms with Crippen molar-refractivity contribution in [1.29, 1.82) is 0 Å². The van der Waals surface area contributed by atoms with Crippen LogP contribution in [0.25, 0.3) is 0 Å². The molecule has 2 rings (SSSR count). The number of amides is 2. The molecule has 0 heterocycles. The lowest BCUT2D eigenvalue weighted by molar-refractivity contribution is 0.0501. The number of benzene rings is 2. The van der Waals surface area contributed by atoms with Crippen LogP contribution >= 0.6 is 0 Å². The molecule has 0 aliphatic heterocycles. The second-order valence-corrected chi connectivity index (χ2v) is 6.22. The number of nitrogens with one attached hydrogen (secondary N) is 2. The van der Waals surface area contributed by atoms with Gasteiger partial charge in [-0.05, 0) is 44.0 Å². The Kier molecular flexibility index (Phi) is 7.67. The molecule has 0 atom stereocenters. The van der Waals surface area contributed by atoms with Crippen LogP contribution < -0.4 is 15.4 Å². The highest BCUT2D eigenvalue weighted by atomic mass is 16.5. The van der Waals surface area contributed by atoms with Crippen molar-refractivity contribution >= 4 is 17.7 Å². The Labute approximate surface area is 159 Å². The number of carbonyl (C=O) groups excluding carboxylic acids is 2. The summed E-state index contributed by atoms with van der Waals surface area (Å²) in [5.41, 5.74) is 2.85. The van der Waals surface area contributed by atoms with Crippen molar-refractivity contribution in [3.63, 3.8) is 0 Å². The zero-order valence-electron chi connectivity index (χ0n) is 16.0. The molecule has 27 heavy (non-hydrogen) atoms. The summed E-state index contributed by atoms with van der Waals surface area (Å²) in [5, 5.41) is 5.28. The van der Waals surface area contributed by atoms with E-state index in [4.69, 9.17) is 9.47 Å². The van der Waals surface area contributed by atoms with E-state index in [1.807, 2.05) is 39.0 Å². The molecule has 0 fully saturated rings. The van der Waals surface area contributed by atoms with Crippen LogP contribution in [0.4, 0.5) is 10.5 Å². The second-order valence-electron chi connectivity index (χ2n) is 6.22. The van der Waals surface area contributed by atoms with Gasteiger partial charge in [0.1, 0.15) is 5.75 Å². The summed E-state index contributed by atoms with van der Waals surface area (Å²) >= 11 is 0. The quantitative estimate of drug-likeness (QED) is 0.410. The van der Waals surface area contributed by atoms with Gasteiger partial charge in [-0.25, -0.2) is 9.59 Å². The molecule has 2 amide bonds. The van der Waals surface area contributed by atoms with E-state index in [0.29, 0.717) is 23.6 Å². The number of urea groups is 1. The Morgan fingerprint density at radius 1 is 1.07 bits per heavy atom. The van der Waals surface area contributed by atoms with Crippen LogP contribution in [0.5, 0.6) is 5.75 Å². The summed E-state index contributed by atoms with van der Waals surface area (Å²) in [6.07, 6.45) is 1.74. The molecular formula is C21H26N2O4. The van der Waals surface area contributed by atoms with E-state index in [0.717, 1.165) is 24.0 Å². The number of hydrogen-bond donors (Lipinski definition) is 2. The van der Waals surface area contributed by atoms with Gasteiger partial charge < -0.3 is 20.1 Å². The van der Waals surface area contributed by atoms with Crippen LogP contribution in [-0.2, 0) is 4.74 Å². The fourth-order valence-corrected chi connectivity index (χ4v) is 2.46. The van der Waals surface area contributed by atoms with Gasteiger partial charge in [0.15, 0.2) is 6.73 Å². The molecular weight excluding hydrogens is 344 g/mol. The Hall–Kier alpha value is -3.02. The predicted octanol–water partition coefficient (Wildman–Crippen LogP) is 4.42. The van der Waals surface area contributed by atoms with Crippen molar-refractivity contribution in [2.75, 3.05) is 18.7 Å². The Balaban J connectivity index is 1.89. The molecule has 2 aromatic carbocycles. The minimum atomic E-state index is -0.464. The Morgan fingerprint density at radius 3 is 2.59 bits per heavy atom. The van der Waals surface area contributed by atoms with Gasteiger partial charge in [-0.2, -0.15) is 0 Å². The molecule has 0 unspecified atom stereocenters. The molecule has 0 aromatic heterocycles. The van der Waals surface area contributed by atoms with Crippen molar-refractivity contribution in [3.05, 3.63) is 59.2 Å². The molecule has 0 spiro atoms. The molecule has 2 aromatic rings. The van der Waals surface area contributed by atoms with Gasteiger partial charge in [0.05, 0.1) is 17.9 Å². The van der Waals surface area contributed by atoms with Gasteiger partial charge >= 0.3 is 12.0 Å². The van der Waals surface area contributed by atoms with Gasteiger partial charge in [-0.15, -0.1) is 0 Å². The molecule has 2 N–H and O–H groups in total.